The van der Waals surface area contributed by atoms with Crippen LogP contribution in [0.2, 0.25) is 0 Å². The lowest BCUT2D eigenvalue weighted by molar-refractivity contribution is -0.146. The lowest BCUT2D eigenvalue weighted by atomic mass is 9.98. The number of esters is 2. The first-order valence-electron chi connectivity index (χ1n) is 27.1. The normalized spacial score (nSPS) is 12.2. The first-order chi connectivity index (χ1) is 39.3. The Hall–Kier alpha value is -9.06. The molecule has 420 valence electrons. The van der Waals surface area contributed by atoms with Crippen LogP contribution in [0.15, 0.2) is 133 Å². The van der Waals surface area contributed by atoms with E-state index in [9.17, 15) is 47.1 Å². The molecule has 2 aliphatic rings. The molecular formula is C63H64F2N6O10. The Kier molecular flexibility index (Phi) is 20.6. The molecule has 0 radical (unpaired) electrons. The molecule has 4 N–H and O–H groups in total. The van der Waals surface area contributed by atoms with Crippen molar-refractivity contribution in [2.45, 2.75) is 97.2 Å². The Morgan fingerprint density at radius 3 is 1.05 bits per heavy atom. The van der Waals surface area contributed by atoms with Gasteiger partial charge in [-0.2, -0.15) is 0 Å². The fraction of sp³-hybridized carbons (Fsp3) is 0.302. The molecule has 0 bridgehead atoms. The van der Waals surface area contributed by atoms with Crippen LogP contribution < -0.4 is 21.3 Å². The van der Waals surface area contributed by atoms with E-state index in [1.165, 1.54) is 34.1 Å². The maximum absolute atomic E-state index is 13.9. The van der Waals surface area contributed by atoms with Crippen molar-refractivity contribution in [1.82, 2.24) is 31.1 Å². The van der Waals surface area contributed by atoms with Gasteiger partial charge in [-0.3, -0.25) is 38.4 Å². The van der Waals surface area contributed by atoms with Gasteiger partial charge < -0.3 is 40.5 Å². The highest BCUT2D eigenvalue weighted by molar-refractivity contribution is 6.09. The van der Waals surface area contributed by atoms with Gasteiger partial charge in [-0.05, 0) is 132 Å². The summed E-state index contributed by atoms with van der Waals surface area (Å²) in [7, 11) is 0. The van der Waals surface area contributed by atoms with Crippen molar-refractivity contribution in [3.63, 3.8) is 0 Å². The average molecular weight is 1100 g/mol. The molecule has 6 aromatic rings. The van der Waals surface area contributed by atoms with Gasteiger partial charge in [-0.25, -0.2) is 8.78 Å². The highest BCUT2D eigenvalue weighted by Gasteiger charge is 2.33. The van der Waals surface area contributed by atoms with E-state index in [2.05, 4.69) is 21.3 Å². The maximum atomic E-state index is 13.9. The van der Waals surface area contributed by atoms with Gasteiger partial charge in [0.05, 0.1) is 22.3 Å². The van der Waals surface area contributed by atoms with Crippen molar-refractivity contribution in [3.8, 4) is 0 Å². The molecule has 6 amide bonds. The molecule has 0 saturated heterocycles. The summed E-state index contributed by atoms with van der Waals surface area (Å²) in [5.74, 6) is -4.58. The van der Waals surface area contributed by atoms with Gasteiger partial charge in [-0.1, -0.05) is 84.9 Å². The molecule has 0 saturated carbocycles. The topological polar surface area (TPSA) is 210 Å². The Balaban J connectivity index is 0.879. The number of hydrogen-bond acceptors (Lipinski definition) is 10. The monoisotopic (exact) mass is 1100 g/mol. The Morgan fingerprint density at radius 1 is 0.395 bits per heavy atom. The van der Waals surface area contributed by atoms with E-state index in [1.54, 1.807) is 48.5 Å². The second kappa shape index (κ2) is 28.7. The predicted octanol–water partition coefficient (Wildman–Crippen LogP) is 7.97. The quantitative estimate of drug-likeness (QED) is 0.0234. The molecular weight excluding hydrogens is 1040 g/mol. The van der Waals surface area contributed by atoms with Crippen LogP contribution in [0.1, 0.15) is 131 Å². The summed E-state index contributed by atoms with van der Waals surface area (Å²) in [5.41, 5.74) is 6.15. The minimum absolute atomic E-state index is 0.0654. The number of nitrogens with one attached hydrogen (secondary N) is 4. The Bertz CT molecular complexity index is 3020. The second-order valence-electron chi connectivity index (χ2n) is 20.0. The molecule has 8 rings (SSSR count). The first kappa shape index (κ1) is 58.1. The molecule has 0 atom stereocenters. The van der Waals surface area contributed by atoms with E-state index in [-0.39, 0.29) is 124 Å². The maximum Gasteiger partial charge on any atom is 0.306 e. The third-order valence-electron chi connectivity index (χ3n) is 14.0. The molecule has 81 heavy (non-hydrogen) atoms. The number of nitrogens with zero attached hydrogens (tertiary/aromatic N) is 2. The predicted molar refractivity (Wildman–Crippen MR) is 296 cm³/mol. The number of halogens is 2. The molecule has 0 spiro atoms. The molecule has 6 aromatic carbocycles. The van der Waals surface area contributed by atoms with E-state index in [4.69, 9.17) is 9.47 Å². The summed E-state index contributed by atoms with van der Waals surface area (Å²) in [6.45, 7) is 1.38. The summed E-state index contributed by atoms with van der Waals surface area (Å²) < 4.78 is 37.8. The zero-order valence-electron chi connectivity index (χ0n) is 44.9. The van der Waals surface area contributed by atoms with Crippen LogP contribution in [0, 0.1) is 11.6 Å². The average Bonchev–Trinajstić information content (AvgIpc) is 4.34. The zero-order chi connectivity index (χ0) is 57.1. The van der Waals surface area contributed by atoms with Gasteiger partial charge in [0.15, 0.2) is 0 Å². The van der Waals surface area contributed by atoms with Crippen molar-refractivity contribution in [1.29, 1.82) is 0 Å². The Labute approximate surface area is 468 Å². The van der Waals surface area contributed by atoms with Crippen molar-refractivity contribution in [3.05, 3.63) is 212 Å². The third-order valence-corrected chi connectivity index (χ3v) is 14.0. The van der Waals surface area contributed by atoms with Gasteiger partial charge in [0.25, 0.3) is 23.6 Å². The van der Waals surface area contributed by atoms with Gasteiger partial charge in [0, 0.05) is 65.2 Å². The summed E-state index contributed by atoms with van der Waals surface area (Å²) in [5, 5.41) is 11.4. The van der Waals surface area contributed by atoms with Crippen molar-refractivity contribution >= 4 is 47.4 Å². The SMILES string of the molecule is O=C(CCCCNC(=O)c1cc2c(cc1C(=O)NCCc1ccc(F)cc1)CN(C(=O)CC(=O)N1Cc3cc(C(=O)NCCCCC(=O)OCc4ccccc4)c(C(=O)NCCc4ccc(F)cc4)cc3C1)C2)OCc1ccccc1. The smallest absolute Gasteiger partial charge is 0.306 e. The number of benzene rings is 6. The summed E-state index contributed by atoms with van der Waals surface area (Å²) in [6.07, 6.45) is 2.42. The number of unbranched alkanes of at least 4 members (excludes halogenated alkanes) is 2. The highest BCUT2D eigenvalue weighted by Crippen LogP contribution is 2.30. The van der Waals surface area contributed by atoms with Crippen LogP contribution in [0.25, 0.3) is 0 Å². The molecule has 0 unspecified atom stereocenters. The summed E-state index contributed by atoms with van der Waals surface area (Å²) in [6, 6.07) is 36.8. The standard InChI is InChI=1S/C63H64F2N6O10/c64-50-21-17-42(18-22-50)25-29-68-62(78)54-33-48-38-70(36-46(48)31-52(54)60(76)66-27-9-7-15-58(74)80-40-44-11-3-1-4-12-44)56(72)35-57(73)71-37-47-32-53(61(77)67-28-10-8-16-59(75)81-41-45-13-5-2-6-14-45)55(34-49(47)39-71)63(79)69-30-26-43-19-23-51(65)24-20-43/h1-6,11-14,17-24,31-34H,7-10,15-16,25-30,35-41H2,(H,66,76)(H,67,77)(H,68,78)(H,69,79). The van der Waals surface area contributed by atoms with Crippen LogP contribution in [-0.4, -0.2) is 83.4 Å². The number of ether oxygens (including phenoxy) is 2. The zero-order valence-corrected chi connectivity index (χ0v) is 44.9. The van der Waals surface area contributed by atoms with Gasteiger partial charge >= 0.3 is 11.9 Å². The molecule has 0 aromatic heterocycles. The van der Waals surface area contributed by atoms with E-state index in [0.29, 0.717) is 60.8 Å². The molecule has 16 nitrogen and oxygen atoms in total. The summed E-state index contributed by atoms with van der Waals surface area (Å²) in [4.78, 5) is 111. The van der Waals surface area contributed by atoms with Gasteiger partial charge in [-0.15, -0.1) is 0 Å². The molecule has 2 heterocycles. The van der Waals surface area contributed by atoms with Crippen LogP contribution in [0.5, 0.6) is 0 Å². The van der Waals surface area contributed by atoms with E-state index >= 15 is 0 Å². The number of carbonyl (C=O) groups excluding carboxylic acids is 8. The number of fused-ring (bicyclic) bond motifs is 2. The number of rotatable bonds is 26. The first-order valence-corrected chi connectivity index (χ1v) is 27.1. The summed E-state index contributed by atoms with van der Waals surface area (Å²) >= 11 is 0. The fourth-order valence-electron chi connectivity index (χ4n) is 9.50. The van der Waals surface area contributed by atoms with Crippen molar-refractivity contribution in [2.75, 3.05) is 26.2 Å². The van der Waals surface area contributed by atoms with Crippen LogP contribution in [-0.2, 0) is 80.9 Å². The Morgan fingerprint density at radius 2 is 0.716 bits per heavy atom. The van der Waals surface area contributed by atoms with E-state index < -0.39 is 41.9 Å². The molecule has 18 heteroatoms. The second-order valence-corrected chi connectivity index (χ2v) is 20.0. The minimum atomic E-state index is -0.528. The largest absolute Gasteiger partial charge is 0.461 e. The van der Waals surface area contributed by atoms with Crippen LogP contribution in [0.4, 0.5) is 8.78 Å². The third kappa shape index (κ3) is 17.0. The van der Waals surface area contributed by atoms with Crippen LogP contribution >= 0.6 is 0 Å². The molecule has 0 fully saturated rings. The fourth-order valence-corrected chi connectivity index (χ4v) is 9.50. The molecule has 2 aliphatic heterocycles. The number of hydrogen-bond donors (Lipinski definition) is 4. The number of amides is 6. The van der Waals surface area contributed by atoms with E-state index in [1.807, 2.05) is 60.7 Å². The van der Waals surface area contributed by atoms with Crippen LogP contribution in [0.3, 0.4) is 0 Å². The highest BCUT2D eigenvalue weighted by atomic mass is 19.1. The molecule has 0 aliphatic carbocycles. The van der Waals surface area contributed by atoms with Gasteiger partial charge in [0.1, 0.15) is 31.3 Å². The number of carbonyl (C=O) groups is 8. The lowest BCUT2D eigenvalue weighted by Crippen LogP contribution is -2.33. The van der Waals surface area contributed by atoms with Crippen molar-refractivity contribution in [2.24, 2.45) is 0 Å². The van der Waals surface area contributed by atoms with E-state index in [0.717, 1.165) is 22.3 Å². The van der Waals surface area contributed by atoms with Crippen molar-refractivity contribution < 1.29 is 56.6 Å². The van der Waals surface area contributed by atoms with Gasteiger partial charge in [0.2, 0.25) is 11.8 Å². The minimum Gasteiger partial charge on any atom is -0.461 e. The lowest BCUT2D eigenvalue weighted by Gasteiger charge is -2.19.